The molecule has 0 aliphatic rings. The van der Waals surface area contributed by atoms with E-state index in [4.69, 9.17) is 9.47 Å². The number of halogens is 1. The Morgan fingerprint density at radius 2 is 1.75 bits per heavy atom. The van der Waals surface area contributed by atoms with Gasteiger partial charge in [0.25, 0.3) is 5.91 Å². The van der Waals surface area contributed by atoms with Crippen LogP contribution in [0.25, 0.3) is 0 Å². The molecule has 0 heterocycles. The fraction of sp³-hybridized carbons (Fsp3) is 0.300. The van der Waals surface area contributed by atoms with Gasteiger partial charge in [-0.25, -0.2) is 4.39 Å². The minimum absolute atomic E-state index is 0.157. The van der Waals surface area contributed by atoms with Crippen LogP contribution in [0.2, 0.25) is 0 Å². The molecule has 2 rings (SSSR count). The van der Waals surface area contributed by atoms with E-state index in [1.165, 1.54) is 24.3 Å². The van der Waals surface area contributed by atoms with Gasteiger partial charge in [-0.2, -0.15) is 0 Å². The van der Waals surface area contributed by atoms with Crippen LogP contribution >= 0.6 is 0 Å². The summed E-state index contributed by atoms with van der Waals surface area (Å²) in [5, 5.41) is 5.17. The summed E-state index contributed by atoms with van der Waals surface area (Å²) < 4.78 is 23.4. The minimum atomic E-state index is -0.384. The number of rotatable bonds is 9. The molecule has 7 nitrogen and oxygen atoms in total. The Hall–Kier alpha value is -3.13. The summed E-state index contributed by atoms with van der Waals surface area (Å²) in [5.41, 5.74) is 1.41. The van der Waals surface area contributed by atoms with E-state index in [1.807, 2.05) is 19.2 Å². The summed E-state index contributed by atoms with van der Waals surface area (Å²) in [7, 11) is 5.05. The molecule has 0 aliphatic heterocycles. The lowest BCUT2D eigenvalue weighted by Gasteiger charge is -2.16. The van der Waals surface area contributed by atoms with E-state index < -0.39 is 0 Å². The molecule has 2 aromatic carbocycles. The number of hydrogen-bond donors (Lipinski definition) is 3. The number of benzene rings is 2. The van der Waals surface area contributed by atoms with Crippen LogP contribution in [0, 0.1) is 5.82 Å². The first-order valence-electron chi connectivity index (χ1n) is 8.75. The fourth-order valence-corrected chi connectivity index (χ4v) is 2.64. The van der Waals surface area contributed by atoms with Crippen LogP contribution in [0.5, 0.6) is 11.5 Å². The lowest BCUT2D eigenvalue weighted by Crippen LogP contribution is -3.08. The number of nitrogens with one attached hydrogen (secondary N) is 3. The number of amides is 2. The highest BCUT2D eigenvalue weighted by Gasteiger charge is 2.15. The summed E-state index contributed by atoms with van der Waals surface area (Å²) in [6.07, 6.45) is 0. The summed E-state index contributed by atoms with van der Waals surface area (Å²) >= 11 is 0. The van der Waals surface area contributed by atoms with Crippen molar-refractivity contribution in [2.75, 3.05) is 39.7 Å². The SMILES string of the molecule is COc1ccc(C[NH+](C)CC(=O)NCC(=O)Nc2ccc(F)cc2)c(OC)c1. The zero-order valence-electron chi connectivity index (χ0n) is 16.2. The van der Waals surface area contributed by atoms with Gasteiger partial charge in [0.15, 0.2) is 6.54 Å². The molecule has 1 atom stereocenters. The Morgan fingerprint density at radius 1 is 1.04 bits per heavy atom. The minimum Gasteiger partial charge on any atom is -0.497 e. The van der Waals surface area contributed by atoms with Gasteiger partial charge in [-0.05, 0) is 36.4 Å². The lowest BCUT2D eigenvalue weighted by atomic mass is 10.2. The lowest BCUT2D eigenvalue weighted by molar-refractivity contribution is -0.885. The Balaban J connectivity index is 1.79. The smallest absolute Gasteiger partial charge is 0.275 e. The predicted molar refractivity (Wildman–Crippen MR) is 103 cm³/mol. The summed E-state index contributed by atoms with van der Waals surface area (Å²) in [4.78, 5) is 24.9. The van der Waals surface area contributed by atoms with Gasteiger partial charge in [0.2, 0.25) is 5.91 Å². The molecule has 0 aromatic heterocycles. The van der Waals surface area contributed by atoms with Crippen molar-refractivity contribution in [3.05, 3.63) is 53.8 Å². The van der Waals surface area contributed by atoms with Crippen LogP contribution in [-0.2, 0) is 16.1 Å². The zero-order chi connectivity index (χ0) is 20.5. The third-order valence-corrected chi connectivity index (χ3v) is 4.02. The van der Waals surface area contributed by atoms with Crippen LogP contribution in [-0.4, -0.2) is 46.2 Å². The van der Waals surface area contributed by atoms with Crippen LogP contribution in [0.15, 0.2) is 42.5 Å². The van der Waals surface area contributed by atoms with Gasteiger partial charge in [-0.3, -0.25) is 9.59 Å². The van der Waals surface area contributed by atoms with Crippen LogP contribution in [0.4, 0.5) is 10.1 Å². The van der Waals surface area contributed by atoms with Gasteiger partial charge >= 0.3 is 0 Å². The number of anilines is 1. The largest absolute Gasteiger partial charge is 0.497 e. The first-order valence-corrected chi connectivity index (χ1v) is 8.75. The molecule has 28 heavy (non-hydrogen) atoms. The van der Waals surface area contributed by atoms with Crippen molar-refractivity contribution in [3.63, 3.8) is 0 Å². The number of methoxy groups -OCH3 is 2. The fourth-order valence-electron chi connectivity index (χ4n) is 2.64. The molecule has 3 N–H and O–H groups in total. The summed E-state index contributed by atoms with van der Waals surface area (Å²) in [6, 6.07) is 10.9. The van der Waals surface area contributed by atoms with Crippen molar-refractivity contribution in [3.8, 4) is 11.5 Å². The molecule has 8 heteroatoms. The van der Waals surface area contributed by atoms with Gasteiger partial charge < -0.3 is 25.0 Å². The zero-order valence-corrected chi connectivity index (χ0v) is 16.2. The Bertz CT molecular complexity index is 812. The number of quaternary nitrogens is 1. The molecule has 0 aliphatic carbocycles. The number of ether oxygens (including phenoxy) is 2. The molecule has 0 bridgehead atoms. The number of carbonyl (C=O) groups excluding carboxylic acids is 2. The highest BCUT2D eigenvalue weighted by molar-refractivity contribution is 5.94. The van der Waals surface area contributed by atoms with Crippen LogP contribution < -0.4 is 25.0 Å². The standard InChI is InChI=1S/C20H24FN3O4/c1-24(12-14-4-9-17(27-2)10-18(14)28-3)13-20(26)22-11-19(25)23-16-7-5-15(21)6-8-16/h4-10H,11-13H2,1-3H3,(H,22,26)(H,23,25)/p+1. The van der Waals surface area contributed by atoms with Gasteiger partial charge in [0.05, 0.1) is 27.8 Å². The molecule has 0 spiro atoms. The molecule has 150 valence electrons. The van der Waals surface area contributed by atoms with Crippen molar-refractivity contribution < 1.29 is 28.4 Å². The maximum atomic E-state index is 12.9. The van der Waals surface area contributed by atoms with E-state index >= 15 is 0 Å². The summed E-state index contributed by atoms with van der Waals surface area (Å²) in [6.45, 7) is 0.608. The monoisotopic (exact) mass is 390 g/mol. The highest BCUT2D eigenvalue weighted by Crippen LogP contribution is 2.23. The molecule has 0 saturated heterocycles. The van der Waals surface area contributed by atoms with Gasteiger partial charge in [-0.1, -0.05) is 0 Å². The van der Waals surface area contributed by atoms with Crippen LogP contribution in [0.3, 0.4) is 0 Å². The third-order valence-electron chi connectivity index (χ3n) is 4.02. The average Bonchev–Trinajstić information content (AvgIpc) is 2.68. The Morgan fingerprint density at radius 3 is 2.39 bits per heavy atom. The number of hydrogen-bond acceptors (Lipinski definition) is 4. The predicted octanol–water partition coefficient (Wildman–Crippen LogP) is 0.613. The van der Waals surface area contributed by atoms with E-state index in [0.29, 0.717) is 23.7 Å². The normalized spacial score (nSPS) is 11.4. The van der Waals surface area contributed by atoms with E-state index in [1.54, 1.807) is 20.3 Å². The molecule has 0 radical (unpaired) electrons. The maximum Gasteiger partial charge on any atom is 0.275 e. The van der Waals surface area contributed by atoms with Crippen molar-refractivity contribution in [2.45, 2.75) is 6.54 Å². The molecule has 1 unspecified atom stereocenters. The second kappa shape index (κ2) is 10.3. The van der Waals surface area contributed by atoms with Gasteiger partial charge in [0.1, 0.15) is 23.9 Å². The third kappa shape index (κ3) is 6.55. The molecular formula is C20H25FN3O4+. The van der Waals surface area contributed by atoms with Gasteiger partial charge in [0, 0.05) is 17.3 Å². The topological polar surface area (TPSA) is 81.1 Å². The van der Waals surface area contributed by atoms with Crippen LogP contribution in [0.1, 0.15) is 5.56 Å². The first kappa shape index (κ1) is 21.2. The highest BCUT2D eigenvalue weighted by atomic mass is 19.1. The molecule has 2 amide bonds. The molecule has 0 fully saturated rings. The number of carbonyl (C=O) groups is 2. The van der Waals surface area contributed by atoms with Crippen molar-refractivity contribution in [1.29, 1.82) is 0 Å². The van der Waals surface area contributed by atoms with Crippen molar-refractivity contribution in [1.82, 2.24) is 5.32 Å². The molecule has 0 saturated carbocycles. The van der Waals surface area contributed by atoms with E-state index in [2.05, 4.69) is 10.6 Å². The van der Waals surface area contributed by atoms with E-state index in [0.717, 1.165) is 10.5 Å². The quantitative estimate of drug-likeness (QED) is 0.586. The number of likely N-dealkylation sites (N-methyl/N-ethyl adjacent to an activating group) is 1. The second-order valence-electron chi connectivity index (χ2n) is 6.32. The summed E-state index contributed by atoms with van der Waals surface area (Å²) in [5.74, 6) is 0.375. The van der Waals surface area contributed by atoms with Gasteiger partial charge in [-0.15, -0.1) is 0 Å². The Kier molecular flexibility index (Phi) is 7.76. The second-order valence-corrected chi connectivity index (χ2v) is 6.32. The van der Waals surface area contributed by atoms with E-state index in [-0.39, 0.29) is 30.7 Å². The molecule has 2 aromatic rings. The van der Waals surface area contributed by atoms with Crippen molar-refractivity contribution >= 4 is 17.5 Å². The molecular weight excluding hydrogens is 365 g/mol. The maximum absolute atomic E-state index is 12.9. The van der Waals surface area contributed by atoms with Crippen molar-refractivity contribution in [2.24, 2.45) is 0 Å². The average molecular weight is 390 g/mol. The Labute approximate surface area is 163 Å². The first-order chi connectivity index (χ1) is 13.4. The van der Waals surface area contributed by atoms with E-state index in [9.17, 15) is 14.0 Å².